The molecule has 0 bridgehead atoms. The van der Waals surface area contributed by atoms with E-state index in [1.54, 1.807) is 0 Å². The standard InChI is InChI=1S/C18H15F6N2O2/c1-10-25(8-6-17(19,20)21)13-14(26(10)9-7-18(22,23)24)16(28)12-5-3-2-4-11(12)15(13)27/h2-5H,6-9H2,1H3/q+1. The van der Waals surface area contributed by atoms with Crippen molar-refractivity contribution < 1.29 is 40.5 Å². The highest BCUT2D eigenvalue weighted by Gasteiger charge is 2.44. The topological polar surface area (TPSA) is 43.0 Å². The van der Waals surface area contributed by atoms with Gasteiger partial charge in [-0.15, -0.1) is 0 Å². The highest BCUT2D eigenvalue weighted by molar-refractivity contribution is 6.26. The largest absolute Gasteiger partial charge is 0.392 e. The van der Waals surface area contributed by atoms with Gasteiger partial charge in [-0.05, 0) is 0 Å². The quantitative estimate of drug-likeness (QED) is 0.490. The van der Waals surface area contributed by atoms with E-state index in [0.717, 1.165) is 9.13 Å². The van der Waals surface area contributed by atoms with E-state index in [0.29, 0.717) is 0 Å². The molecule has 0 N–H and O–H groups in total. The fourth-order valence-electron chi connectivity index (χ4n) is 3.34. The highest BCUT2D eigenvalue weighted by atomic mass is 19.4. The number of imidazole rings is 1. The second-order valence-corrected chi connectivity index (χ2v) is 6.48. The monoisotopic (exact) mass is 405 g/mol. The summed E-state index contributed by atoms with van der Waals surface area (Å²) in [6.07, 6.45) is -11.6. The Labute approximate surface area is 155 Å². The molecule has 0 unspecified atom stereocenters. The summed E-state index contributed by atoms with van der Waals surface area (Å²) in [5, 5.41) is 0. The molecule has 0 atom stereocenters. The minimum absolute atomic E-state index is 0.00648. The van der Waals surface area contributed by atoms with E-state index < -0.39 is 49.9 Å². The number of hydrogen-bond acceptors (Lipinski definition) is 2. The Bertz CT molecular complexity index is 882. The molecule has 0 saturated heterocycles. The Morgan fingerprint density at radius 2 is 1.43 bits per heavy atom. The van der Waals surface area contributed by atoms with Gasteiger partial charge in [-0.2, -0.15) is 26.3 Å². The zero-order chi connectivity index (χ0) is 20.9. The van der Waals surface area contributed by atoms with E-state index in [2.05, 4.69) is 0 Å². The molecule has 4 nitrogen and oxygen atoms in total. The van der Waals surface area contributed by atoms with Crippen LogP contribution in [0.3, 0.4) is 0 Å². The first kappa shape index (κ1) is 20.1. The Morgan fingerprint density at radius 1 is 0.893 bits per heavy atom. The summed E-state index contributed by atoms with van der Waals surface area (Å²) in [4.78, 5) is 25.8. The molecule has 1 aliphatic rings. The maximum atomic E-state index is 12.9. The fourth-order valence-corrected chi connectivity index (χ4v) is 3.34. The summed E-state index contributed by atoms with van der Waals surface area (Å²) in [5.74, 6) is -1.37. The molecule has 10 heteroatoms. The van der Waals surface area contributed by atoms with Crippen molar-refractivity contribution in [1.82, 2.24) is 4.57 Å². The van der Waals surface area contributed by atoms with Crippen LogP contribution in [0.4, 0.5) is 26.3 Å². The lowest BCUT2D eigenvalue weighted by atomic mass is 9.90. The number of aromatic nitrogens is 2. The van der Waals surface area contributed by atoms with E-state index in [4.69, 9.17) is 0 Å². The summed E-state index contributed by atoms with van der Waals surface area (Å²) in [5.41, 5.74) is -0.553. The maximum Gasteiger partial charge on any atom is 0.392 e. The van der Waals surface area contributed by atoms with Crippen molar-refractivity contribution in [3.63, 3.8) is 0 Å². The van der Waals surface area contributed by atoms with Gasteiger partial charge >= 0.3 is 12.4 Å². The molecule has 0 amide bonds. The SMILES string of the molecule is Cc1n(CCC(F)(F)F)c2c([n+]1CCC(F)(F)F)C(=O)c1ccccc1C2=O. The number of ketones is 2. The van der Waals surface area contributed by atoms with Gasteiger partial charge in [0, 0.05) is 18.1 Å². The Morgan fingerprint density at radius 3 is 1.96 bits per heavy atom. The smallest absolute Gasteiger partial charge is 0.284 e. The number of rotatable bonds is 4. The van der Waals surface area contributed by atoms with Crippen molar-refractivity contribution >= 4 is 11.6 Å². The summed E-state index contributed by atoms with van der Waals surface area (Å²) < 4.78 is 78.2. The van der Waals surface area contributed by atoms with Crippen molar-refractivity contribution in [2.75, 3.05) is 0 Å². The van der Waals surface area contributed by atoms with Crippen molar-refractivity contribution in [1.29, 1.82) is 0 Å². The molecule has 1 heterocycles. The van der Waals surface area contributed by atoms with Crippen LogP contribution in [0.1, 0.15) is 50.8 Å². The molecule has 0 saturated carbocycles. The minimum atomic E-state index is -4.53. The van der Waals surface area contributed by atoms with Crippen LogP contribution < -0.4 is 4.57 Å². The Kier molecular flexibility index (Phi) is 4.84. The summed E-state index contributed by atoms with van der Waals surface area (Å²) in [6.45, 7) is -0.0357. The molecule has 1 aromatic carbocycles. The number of carbonyl (C=O) groups excluding carboxylic acids is 2. The number of carbonyl (C=O) groups is 2. The highest BCUT2D eigenvalue weighted by Crippen LogP contribution is 2.29. The van der Waals surface area contributed by atoms with Crippen LogP contribution in [-0.4, -0.2) is 28.5 Å². The van der Waals surface area contributed by atoms with Gasteiger partial charge in [0.1, 0.15) is 0 Å². The molecule has 0 fully saturated rings. The van der Waals surface area contributed by atoms with E-state index in [1.165, 1.54) is 31.2 Å². The molecular weight excluding hydrogens is 390 g/mol. The van der Waals surface area contributed by atoms with Crippen LogP contribution in [0, 0.1) is 6.92 Å². The predicted octanol–water partition coefficient (Wildman–Crippen LogP) is 3.76. The average Bonchev–Trinajstić information content (AvgIpc) is 2.87. The first-order valence-electron chi connectivity index (χ1n) is 8.35. The molecule has 0 spiro atoms. The lowest BCUT2D eigenvalue weighted by Gasteiger charge is -2.13. The zero-order valence-corrected chi connectivity index (χ0v) is 14.6. The molecule has 0 radical (unpaired) electrons. The van der Waals surface area contributed by atoms with Gasteiger partial charge in [-0.25, -0.2) is 9.13 Å². The maximum absolute atomic E-state index is 12.9. The summed E-state index contributed by atoms with van der Waals surface area (Å²) in [7, 11) is 0. The normalized spacial score (nSPS) is 14.2. The van der Waals surface area contributed by atoms with Crippen LogP contribution in [0.2, 0.25) is 0 Å². The number of nitrogens with zero attached hydrogens (tertiary/aromatic N) is 2. The van der Waals surface area contributed by atoms with E-state index in [1.807, 2.05) is 0 Å². The van der Waals surface area contributed by atoms with Gasteiger partial charge in [0.05, 0.1) is 25.9 Å². The van der Waals surface area contributed by atoms with Crippen molar-refractivity contribution in [2.45, 2.75) is 45.2 Å². The third kappa shape index (κ3) is 3.67. The number of halogens is 6. The van der Waals surface area contributed by atoms with Gasteiger partial charge in [0.15, 0.2) is 0 Å². The zero-order valence-electron chi connectivity index (χ0n) is 14.6. The molecule has 28 heavy (non-hydrogen) atoms. The van der Waals surface area contributed by atoms with E-state index in [-0.39, 0.29) is 28.3 Å². The fraction of sp³-hybridized carbons (Fsp3) is 0.389. The van der Waals surface area contributed by atoms with Crippen molar-refractivity contribution in [3.05, 3.63) is 52.6 Å². The Balaban J connectivity index is 2.16. The average molecular weight is 405 g/mol. The van der Waals surface area contributed by atoms with Gasteiger partial charge in [-0.1, -0.05) is 24.3 Å². The van der Waals surface area contributed by atoms with Crippen LogP contribution >= 0.6 is 0 Å². The lowest BCUT2D eigenvalue weighted by Crippen LogP contribution is -2.44. The number of alkyl halides is 6. The second kappa shape index (κ2) is 6.75. The molecule has 1 aromatic heterocycles. The Hall–Kier alpha value is -2.65. The summed E-state index contributed by atoms with van der Waals surface area (Å²) in [6, 6.07) is 5.75. The van der Waals surface area contributed by atoms with Gasteiger partial charge in [0.25, 0.3) is 5.82 Å². The molecular formula is C18H15F6N2O2+. The van der Waals surface area contributed by atoms with Crippen molar-refractivity contribution in [2.24, 2.45) is 0 Å². The minimum Gasteiger partial charge on any atom is -0.284 e. The van der Waals surface area contributed by atoms with Crippen LogP contribution in [0.5, 0.6) is 0 Å². The van der Waals surface area contributed by atoms with Crippen LogP contribution in [0.25, 0.3) is 0 Å². The first-order valence-corrected chi connectivity index (χ1v) is 8.35. The van der Waals surface area contributed by atoms with Crippen LogP contribution in [0.15, 0.2) is 24.3 Å². The van der Waals surface area contributed by atoms with E-state index in [9.17, 15) is 35.9 Å². The number of fused-ring (bicyclic) bond motifs is 2. The van der Waals surface area contributed by atoms with E-state index >= 15 is 0 Å². The molecule has 3 rings (SSSR count). The van der Waals surface area contributed by atoms with Crippen LogP contribution in [-0.2, 0) is 13.1 Å². The first-order chi connectivity index (χ1) is 12.9. The van der Waals surface area contributed by atoms with Crippen molar-refractivity contribution in [3.8, 4) is 0 Å². The van der Waals surface area contributed by atoms with Gasteiger partial charge in [0.2, 0.25) is 23.0 Å². The number of benzene rings is 1. The molecule has 1 aliphatic carbocycles. The molecule has 2 aromatic rings. The molecule has 150 valence electrons. The number of hydrogen-bond donors (Lipinski definition) is 0. The third-order valence-electron chi connectivity index (χ3n) is 4.63. The summed E-state index contributed by atoms with van der Waals surface area (Å²) >= 11 is 0. The van der Waals surface area contributed by atoms with Gasteiger partial charge < -0.3 is 0 Å². The third-order valence-corrected chi connectivity index (χ3v) is 4.63. The van der Waals surface area contributed by atoms with Gasteiger partial charge in [-0.3, -0.25) is 9.59 Å². The lowest BCUT2D eigenvalue weighted by molar-refractivity contribution is -0.707. The second-order valence-electron chi connectivity index (χ2n) is 6.48. The predicted molar refractivity (Wildman–Crippen MR) is 84.0 cm³/mol. The molecule has 0 aliphatic heterocycles.